The molecular formula is C22H20ClN3O3. The number of piperidine rings is 1. The van der Waals surface area contributed by atoms with Crippen molar-refractivity contribution in [2.24, 2.45) is 0 Å². The fourth-order valence-corrected chi connectivity index (χ4v) is 3.70. The van der Waals surface area contributed by atoms with Gasteiger partial charge in [-0.3, -0.25) is 9.59 Å². The van der Waals surface area contributed by atoms with Crippen molar-refractivity contribution in [3.8, 4) is 11.3 Å². The van der Waals surface area contributed by atoms with Gasteiger partial charge in [-0.15, -0.1) is 0 Å². The number of carbonyl (C=O) groups is 2. The maximum atomic E-state index is 12.9. The zero-order valence-electron chi connectivity index (χ0n) is 15.9. The van der Waals surface area contributed by atoms with Crippen LogP contribution >= 0.6 is 11.6 Å². The van der Waals surface area contributed by atoms with Crippen LogP contribution in [-0.4, -0.2) is 23.5 Å². The first-order chi connectivity index (χ1) is 14.0. The summed E-state index contributed by atoms with van der Waals surface area (Å²) in [6.07, 6.45) is 2.52. The summed E-state index contributed by atoms with van der Waals surface area (Å²) >= 11 is 6.26. The van der Waals surface area contributed by atoms with E-state index in [1.807, 2.05) is 24.3 Å². The minimum atomic E-state index is -0.333. The molecule has 7 heteroatoms. The molecule has 6 nitrogen and oxygen atoms in total. The normalized spacial score (nSPS) is 14.1. The number of hydrogen-bond acceptors (Lipinski definition) is 4. The Morgan fingerprint density at radius 3 is 2.62 bits per heavy atom. The number of hydrogen-bond donors (Lipinski definition) is 1. The molecule has 2 aromatic carbocycles. The summed E-state index contributed by atoms with van der Waals surface area (Å²) < 4.78 is 5.26. The minimum Gasteiger partial charge on any atom is -0.360 e. The third kappa shape index (κ3) is 3.89. The lowest BCUT2D eigenvalue weighted by Crippen LogP contribution is -2.35. The van der Waals surface area contributed by atoms with Crippen LogP contribution in [0.2, 0.25) is 5.02 Å². The minimum absolute atomic E-state index is 0.137. The molecule has 4 rings (SSSR count). The Morgan fingerprint density at radius 1 is 1.14 bits per heavy atom. The van der Waals surface area contributed by atoms with Crippen LogP contribution in [-0.2, 0) is 4.79 Å². The highest BCUT2D eigenvalue weighted by atomic mass is 35.5. The fraction of sp³-hybridized carbons (Fsp3) is 0.227. The van der Waals surface area contributed by atoms with E-state index in [0.717, 1.165) is 25.1 Å². The van der Waals surface area contributed by atoms with Gasteiger partial charge in [0.15, 0.2) is 0 Å². The first-order valence-electron chi connectivity index (χ1n) is 9.47. The third-order valence-corrected chi connectivity index (χ3v) is 5.31. The van der Waals surface area contributed by atoms with Gasteiger partial charge < -0.3 is 14.7 Å². The number of nitrogens with zero attached hydrogens (tertiary/aromatic N) is 2. The summed E-state index contributed by atoms with van der Waals surface area (Å²) in [5.74, 6) is 0.214. The van der Waals surface area contributed by atoms with Crippen molar-refractivity contribution < 1.29 is 14.1 Å². The molecule has 1 aliphatic rings. The van der Waals surface area contributed by atoms with Gasteiger partial charge in [-0.1, -0.05) is 35.0 Å². The van der Waals surface area contributed by atoms with Gasteiger partial charge in [0.05, 0.1) is 5.02 Å². The van der Waals surface area contributed by atoms with E-state index in [9.17, 15) is 9.59 Å². The van der Waals surface area contributed by atoms with Gasteiger partial charge in [-0.25, -0.2) is 0 Å². The highest BCUT2D eigenvalue weighted by molar-refractivity contribution is 6.33. The van der Waals surface area contributed by atoms with Gasteiger partial charge in [0.2, 0.25) is 5.91 Å². The average Bonchev–Trinajstić information content (AvgIpc) is 3.11. The fourth-order valence-electron chi connectivity index (χ4n) is 3.47. The molecule has 1 fully saturated rings. The number of carbonyl (C=O) groups excluding carboxylic acids is 2. The number of benzene rings is 2. The standard InChI is InChI=1S/C22H20ClN3O3/c1-14-20(21(25-29-14)17-6-2-3-7-18(17)23)22(28)24-15-9-11-16(12-10-15)26-13-5-4-8-19(26)27/h2-3,6-7,9-12H,4-5,8,13H2,1H3,(H,24,28). The zero-order valence-corrected chi connectivity index (χ0v) is 16.7. The number of rotatable bonds is 4. The van der Waals surface area contributed by atoms with Crippen LogP contribution in [0.5, 0.6) is 0 Å². The maximum Gasteiger partial charge on any atom is 0.261 e. The van der Waals surface area contributed by atoms with Crippen LogP contribution in [0.3, 0.4) is 0 Å². The van der Waals surface area contributed by atoms with Crippen molar-refractivity contribution in [1.29, 1.82) is 0 Å². The van der Waals surface area contributed by atoms with Gasteiger partial charge in [-0.2, -0.15) is 0 Å². The number of aryl methyl sites for hydroxylation is 1. The third-order valence-electron chi connectivity index (χ3n) is 4.98. The SMILES string of the molecule is Cc1onc(-c2ccccc2Cl)c1C(=O)Nc1ccc(N2CCCCC2=O)cc1. The van der Waals surface area contributed by atoms with Crippen molar-refractivity contribution in [2.45, 2.75) is 26.2 Å². The van der Waals surface area contributed by atoms with E-state index in [1.54, 1.807) is 36.1 Å². The van der Waals surface area contributed by atoms with E-state index in [4.69, 9.17) is 16.1 Å². The van der Waals surface area contributed by atoms with Gasteiger partial charge in [0.25, 0.3) is 5.91 Å². The number of nitrogens with one attached hydrogen (secondary N) is 1. The van der Waals surface area contributed by atoms with E-state index in [1.165, 1.54) is 0 Å². The Labute approximate surface area is 173 Å². The summed E-state index contributed by atoms with van der Waals surface area (Å²) in [6, 6.07) is 14.4. The van der Waals surface area contributed by atoms with Crippen LogP contribution in [0, 0.1) is 6.92 Å². The molecule has 0 unspecified atom stereocenters. The van der Waals surface area contributed by atoms with Crippen molar-refractivity contribution in [2.75, 3.05) is 16.8 Å². The molecule has 0 radical (unpaired) electrons. The summed E-state index contributed by atoms with van der Waals surface area (Å²) in [5, 5.41) is 7.39. The molecule has 2 amide bonds. The molecule has 0 spiro atoms. The molecule has 1 aromatic heterocycles. The number of amides is 2. The quantitative estimate of drug-likeness (QED) is 0.652. The lowest BCUT2D eigenvalue weighted by atomic mass is 10.1. The van der Waals surface area contributed by atoms with Gasteiger partial charge in [0, 0.05) is 29.9 Å². The predicted octanol–water partition coefficient (Wildman–Crippen LogP) is 5.07. The van der Waals surface area contributed by atoms with Crippen molar-refractivity contribution >= 4 is 34.8 Å². The molecular weight excluding hydrogens is 390 g/mol. The topological polar surface area (TPSA) is 75.4 Å². The van der Waals surface area contributed by atoms with Gasteiger partial charge in [-0.05, 0) is 50.1 Å². The Bertz CT molecular complexity index is 1060. The van der Waals surface area contributed by atoms with Crippen LogP contribution in [0.1, 0.15) is 35.4 Å². The van der Waals surface area contributed by atoms with Gasteiger partial charge >= 0.3 is 0 Å². The first-order valence-corrected chi connectivity index (χ1v) is 9.85. The molecule has 148 valence electrons. The Kier molecular flexibility index (Phi) is 5.36. The summed E-state index contributed by atoms with van der Waals surface area (Å²) in [7, 11) is 0. The van der Waals surface area contributed by atoms with Crippen LogP contribution in [0.15, 0.2) is 53.1 Å². The first kappa shape index (κ1) is 19.2. The molecule has 0 saturated carbocycles. The molecule has 3 aromatic rings. The van der Waals surface area contributed by atoms with E-state index in [0.29, 0.717) is 39.7 Å². The van der Waals surface area contributed by atoms with Crippen LogP contribution in [0.25, 0.3) is 11.3 Å². The van der Waals surface area contributed by atoms with Crippen molar-refractivity contribution in [3.63, 3.8) is 0 Å². The Hall–Kier alpha value is -3.12. The molecule has 1 N–H and O–H groups in total. The van der Waals surface area contributed by atoms with E-state index in [2.05, 4.69) is 10.5 Å². The Morgan fingerprint density at radius 2 is 1.90 bits per heavy atom. The molecule has 0 bridgehead atoms. The summed E-state index contributed by atoms with van der Waals surface area (Å²) in [5.41, 5.74) is 2.84. The predicted molar refractivity (Wildman–Crippen MR) is 112 cm³/mol. The molecule has 1 aliphatic heterocycles. The molecule has 0 aliphatic carbocycles. The van der Waals surface area contributed by atoms with Crippen molar-refractivity contribution in [1.82, 2.24) is 5.16 Å². The van der Waals surface area contributed by atoms with E-state index >= 15 is 0 Å². The summed E-state index contributed by atoms with van der Waals surface area (Å²) in [4.78, 5) is 26.8. The largest absolute Gasteiger partial charge is 0.360 e. The second-order valence-corrected chi connectivity index (χ2v) is 7.35. The highest BCUT2D eigenvalue weighted by Crippen LogP contribution is 2.31. The number of halogens is 1. The second-order valence-electron chi connectivity index (χ2n) is 6.95. The molecule has 29 heavy (non-hydrogen) atoms. The molecule has 1 saturated heterocycles. The second kappa shape index (κ2) is 8.09. The highest BCUT2D eigenvalue weighted by Gasteiger charge is 2.23. The lowest BCUT2D eigenvalue weighted by molar-refractivity contribution is -0.119. The van der Waals surface area contributed by atoms with Crippen LogP contribution < -0.4 is 10.2 Å². The van der Waals surface area contributed by atoms with Crippen molar-refractivity contribution in [3.05, 3.63) is 64.9 Å². The van der Waals surface area contributed by atoms with Crippen LogP contribution in [0.4, 0.5) is 11.4 Å². The van der Waals surface area contributed by atoms with E-state index < -0.39 is 0 Å². The number of aromatic nitrogens is 1. The monoisotopic (exact) mass is 409 g/mol. The van der Waals surface area contributed by atoms with Gasteiger partial charge in [0.1, 0.15) is 17.0 Å². The smallest absolute Gasteiger partial charge is 0.261 e. The Balaban J connectivity index is 1.55. The molecule has 0 atom stereocenters. The van der Waals surface area contributed by atoms with E-state index in [-0.39, 0.29) is 11.8 Å². The molecule has 2 heterocycles. The lowest BCUT2D eigenvalue weighted by Gasteiger charge is -2.26. The maximum absolute atomic E-state index is 12.9. The average molecular weight is 410 g/mol. The number of anilines is 2. The summed E-state index contributed by atoms with van der Waals surface area (Å²) in [6.45, 7) is 2.42. The zero-order chi connectivity index (χ0) is 20.4.